The lowest BCUT2D eigenvalue weighted by Crippen LogP contribution is -2.25. The first-order valence-electron chi connectivity index (χ1n) is 5.17. The molecule has 0 saturated heterocycles. The summed E-state index contributed by atoms with van der Waals surface area (Å²) in [6.07, 6.45) is 1.84. The lowest BCUT2D eigenvalue weighted by atomic mass is 10.2. The predicted molar refractivity (Wildman–Crippen MR) is 75.7 cm³/mol. The fourth-order valence-corrected chi connectivity index (χ4v) is 1.89. The van der Waals surface area contributed by atoms with Crippen molar-refractivity contribution in [2.24, 2.45) is 0 Å². The average molecular weight is 271 g/mol. The first-order valence-corrected chi connectivity index (χ1v) is 6.70. The van der Waals surface area contributed by atoms with Crippen molar-refractivity contribution in [2.45, 2.75) is 0 Å². The quantitative estimate of drug-likeness (QED) is 0.475. The Morgan fingerprint density at radius 3 is 3.00 bits per heavy atom. The minimum atomic E-state index is -0.132. The van der Waals surface area contributed by atoms with E-state index < -0.39 is 0 Å². The number of nitrogens with two attached hydrogens (primary N) is 1. The lowest BCUT2D eigenvalue weighted by Gasteiger charge is -2.06. The molecule has 0 heterocycles. The van der Waals surface area contributed by atoms with Crippen LogP contribution in [-0.2, 0) is 0 Å². The Kier molecular flexibility index (Phi) is 5.94. The van der Waals surface area contributed by atoms with E-state index in [0.717, 1.165) is 11.5 Å². The van der Waals surface area contributed by atoms with Crippen LogP contribution < -0.4 is 11.1 Å². The molecule has 0 aliphatic carbocycles. The van der Waals surface area contributed by atoms with E-state index in [0.29, 0.717) is 22.8 Å². The summed E-state index contributed by atoms with van der Waals surface area (Å²) in [5.41, 5.74) is 6.57. The summed E-state index contributed by atoms with van der Waals surface area (Å²) in [4.78, 5) is 11.7. The molecule has 0 fully saturated rings. The molecule has 3 N–H and O–H groups in total. The smallest absolute Gasteiger partial charge is 0.251 e. The minimum absolute atomic E-state index is 0.132. The zero-order valence-corrected chi connectivity index (χ0v) is 11.0. The van der Waals surface area contributed by atoms with E-state index in [4.69, 9.17) is 17.3 Å². The van der Waals surface area contributed by atoms with Crippen LogP contribution in [0.4, 0.5) is 5.69 Å². The SMILES string of the molecule is C=CCSCCNC(=O)c1ccc(Cl)c(N)c1. The highest BCUT2D eigenvalue weighted by molar-refractivity contribution is 7.99. The number of anilines is 1. The number of rotatable bonds is 6. The molecular formula is C12H15ClN2OS. The molecule has 1 aromatic rings. The molecular weight excluding hydrogens is 256 g/mol. The normalized spacial score (nSPS) is 9.94. The van der Waals surface area contributed by atoms with Crippen molar-refractivity contribution in [1.82, 2.24) is 5.32 Å². The van der Waals surface area contributed by atoms with E-state index in [2.05, 4.69) is 11.9 Å². The number of carbonyl (C=O) groups is 1. The highest BCUT2D eigenvalue weighted by Crippen LogP contribution is 2.19. The maximum atomic E-state index is 11.7. The molecule has 17 heavy (non-hydrogen) atoms. The van der Waals surface area contributed by atoms with E-state index in [9.17, 15) is 4.79 Å². The molecule has 0 spiro atoms. The van der Waals surface area contributed by atoms with Gasteiger partial charge in [-0.15, -0.1) is 6.58 Å². The van der Waals surface area contributed by atoms with E-state index >= 15 is 0 Å². The van der Waals surface area contributed by atoms with Gasteiger partial charge in [-0.2, -0.15) is 11.8 Å². The van der Waals surface area contributed by atoms with Gasteiger partial charge >= 0.3 is 0 Å². The maximum absolute atomic E-state index is 11.7. The van der Waals surface area contributed by atoms with Gasteiger partial charge < -0.3 is 11.1 Å². The van der Waals surface area contributed by atoms with E-state index in [-0.39, 0.29) is 5.91 Å². The summed E-state index contributed by atoms with van der Waals surface area (Å²) in [6.45, 7) is 4.25. The standard InChI is InChI=1S/C12H15ClN2OS/c1-2-6-17-7-5-15-12(16)9-3-4-10(13)11(14)8-9/h2-4,8H,1,5-7,14H2,(H,15,16). The van der Waals surface area contributed by atoms with Crippen molar-refractivity contribution >= 4 is 35.0 Å². The molecule has 0 aliphatic heterocycles. The molecule has 1 rings (SSSR count). The molecule has 0 aromatic heterocycles. The number of hydrogen-bond acceptors (Lipinski definition) is 3. The van der Waals surface area contributed by atoms with Crippen LogP contribution in [0.15, 0.2) is 30.9 Å². The fraction of sp³-hybridized carbons (Fsp3) is 0.250. The first kappa shape index (κ1) is 13.9. The number of nitrogens with one attached hydrogen (secondary N) is 1. The van der Waals surface area contributed by atoms with Gasteiger partial charge in [0.15, 0.2) is 0 Å². The average Bonchev–Trinajstić information content (AvgIpc) is 2.32. The lowest BCUT2D eigenvalue weighted by molar-refractivity contribution is 0.0956. The molecule has 0 saturated carbocycles. The monoisotopic (exact) mass is 270 g/mol. The zero-order valence-electron chi connectivity index (χ0n) is 9.41. The largest absolute Gasteiger partial charge is 0.398 e. The van der Waals surface area contributed by atoms with Crippen molar-refractivity contribution in [2.75, 3.05) is 23.8 Å². The first-order chi connectivity index (χ1) is 8.15. The van der Waals surface area contributed by atoms with Gasteiger partial charge in [0.1, 0.15) is 0 Å². The summed E-state index contributed by atoms with van der Waals surface area (Å²) in [7, 11) is 0. The maximum Gasteiger partial charge on any atom is 0.251 e. The second-order valence-corrected chi connectivity index (χ2v) is 4.91. The number of nitrogen functional groups attached to an aromatic ring is 1. The molecule has 0 aliphatic rings. The number of carbonyl (C=O) groups excluding carboxylic acids is 1. The van der Waals surface area contributed by atoms with Gasteiger partial charge in [0.2, 0.25) is 0 Å². The Labute approximate surface area is 110 Å². The predicted octanol–water partition coefficient (Wildman–Crippen LogP) is 2.57. The molecule has 1 aromatic carbocycles. The topological polar surface area (TPSA) is 55.1 Å². The third-order valence-electron chi connectivity index (χ3n) is 2.03. The summed E-state index contributed by atoms with van der Waals surface area (Å²) in [6, 6.07) is 4.86. The molecule has 3 nitrogen and oxygen atoms in total. The number of thioether (sulfide) groups is 1. The third-order valence-corrected chi connectivity index (χ3v) is 3.33. The van der Waals surface area contributed by atoms with Gasteiger partial charge in [0, 0.05) is 23.6 Å². The number of amides is 1. The number of hydrogen-bond donors (Lipinski definition) is 2. The Balaban J connectivity index is 2.41. The van der Waals surface area contributed by atoms with Gasteiger partial charge in [-0.25, -0.2) is 0 Å². The van der Waals surface area contributed by atoms with Crippen LogP contribution in [0.1, 0.15) is 10.4 Å². The summed E-state index contributed by atoms with van der Waals surface area (Å²) in [5, 5.41) is 3.27. The van der Waals surface area contributed by atoms with Crippen LogP contribution in [0, 0.1) is 0 Å². The van der Waals surface area contributed by atoms with Crippen LogP contribution in [0.5, 0.6) is 0 Å². The number of benzene rings is 1. The minimum Gasteiger partial charge on any atom is -0.398 e. The van der Waals surface area contributed by atoms with Gasteiger partial charge in [-0.3, -0.25) is 4.79 Å². The molecule has 5 heteroatoms. The van der Waals surface area contributed by atoms with Gasteiger partial charge in [0.05, 0.1) is 10.7 Å². The van der Waals surface area contributed by atoms with Gasteiger partial charge in [-0.05, 0) is 18.2 Å². The molecule has 0 radical (unpaired) electrons. The highest BCUT2D eigenvalue weighted by Gasteiger charge is 2.06. The second-order valence-electron chi connectivity index (χ2n) is 3.36. The molecule has 0 bridgehead atoms. The van der Waals surface area contributed by atoms with Crippen LogP contribution in [0.2, 0.25) is 5.02 Å². The second kappa shape index (κ2) is 7.25. The summed E-state index contributed by atoms with van der Waals surface area (Å²) in [5.74, 6) is 1.62. The summed E-state index contributed by atoms with van der Waals surface area (Å²) >= 11 is 7.49. The Morgan fingerprint density at radius 2 is 2.35 bits per heavy atom. The number of halogens is 1. The van der Waals surface area contributed by atoms with Crippen molar-refractivity contribution in [3.63, 3.8) is 0 Å². The Hall–Kier alpha value is -1.13. The van der Waals surface area contributed by atoms with Crippen molar-refractivity contribution < 1.29 is 4.79 Å². The van der Waals surface area contributed by atoms with Crippen molar-refractivity contribution in [3.05, 3.63) is 41.4 Å². The van der Waals surface area contributed by atoms with Crippen LogP contribution >= 0.6 is 23.4 Å². The molecule has 0 atom stereocenters. The fourth-order valence-electron chi connectivity index (χ4n) is 1.19. The molecule has 1 amide bonds. The highest BCUT2D eigenvalue weighted by atomic mass is 35.5. The Morgan fingerprint density at radius 1 is 1.59 bits per heavy atom. The summed E-state index contributed by atoms with van der Waals surface area (Å²) < 4.78 is 0. The molecule has 92 valence electrons. The Bertz CT molecular complexity index is 409. The van der Waals surface area contributed by atoms with Crippen molar-refractivity contribution in [3.8, 4) is 0 Å². The van der Waals surface area contributed by atoms with Crippen LogP contribution in [0.3, 0.4) is 0 Å². The van der Waals surface area contributed by atoms with E-state index in [1.54, 1.807) is 30.0 Å². The van der Waals surface area contributed by atoms with Gasteiger partial charge in [-0.1, -0.05) is 17.7 Å². The van der Waals surface area contributed by atoms with Crippen molar-refractivity contribution in [1.29, 1.82) is 0 Å². The third kappa shape index (κ3) is 4.71. The van der Waals surface area contributed by atoms with Crippen LogP contribution in [0.25, 0.3) is 0 Å². The van der Waals surface area contributed by atoms with Crippen LogP contribution in [-0.4, -0.2) is 24.0 Å². The molecule has 0 unspecified atom stereocenters. The van der Waals surface area contributed by atoms with Gasteiger partial charge in [0.25, 0.3) is 5.91 Å². The van der Waals surface area contributed by atoms with E-state index in [1.165, 1.54) is 0 Å². The zero-order chi connectivity index (χ0) is 12.7. The van der Waals surface area contributed by atoms with E-state index in [1.807, 2.05) is 6.08 Å².